The molecule has 2 heterocycles. The number of carbonyl (C=O) groups excluding carboxylic acids is 1. The summed E-state index contributed by atoms with van der Waals surface area (Å²) in [6.45, 7) is 0.116. The Morgan fingerprint density at radius 2 is 1.92 bits per heavy atom. The van der Waals surface area contributed by atoms with E-state index in [9.17, 15) is 18.3 Å². The molecule has 1 fully saturated rings. The zero-order valence-corrected chi connectivity index (χ0v) is 14.5. The van der Waals surface area contributed by atoms with Crippen LogP contribution in [-0.2, 0) is 14.8 Å². The molecule has 1 aliphatic heterocycles. The number of phenols is 1. The molecule has 0 bridgehead atoms. The number of hydrogen-bond donors (Lipinski definition) is 1. The Morgan fingerprint density at radius 3 is 2.52 bits per heavy atom. The van der Waals surface area contributed by atoms with Crippen molar-refractivity contribution in [3.05, 3.63) is 65.5 Å². The second kappa shape index (κ2) is 6.78. The van der Waals surface area contributed by atoms with Crippen LogP contribution in [0.3, 0.4) is 0 Å². The van der Waals surface area contributed by atoms with Crippen molar-refractivity contribution < 1.29 is 18.3 Å². The third-order valence-corrected chi connectivity index (χ3v) is 5.36. The fraction of sp³-hybridized carbons (Fsp3) is 0.222. The average Bonchev–Trinajstić information content (AvgIpc) is 2.57. The molecule has 6 nitrogen and oxygen atoms in total. The van der Waals surface area contributed by atoms with E-state index >= 15 is 0 Å². The Balaban J connectivity index is 2.02. The highest BCUT2D eigenvalue weighted by atomic mass is 32.2. The number of Topliss-reactive ketones (excluding diaryl/α,β-unsaturated/α-hetero) is 1. The molecule has 0 amide bonds. The number of carbonyl (C=O) groups is 1. The first-order valence-electron chi connectivity index (χ1n) is 7.74. The van der Waals surface area contributed by atoms with Gasteiger partial charge >= 0.3 is 0 Å². The van der Waals surface area contributed by atoms with Gasteiger partial charge in [-0.3, -0.25) is 9.78 Å². The van der Waals surface area contributed by atoms with Crippen LogP contribution in [-0.4, -0.2) is 47.9 Å². The molecule has 1 aromatic heterocycles. The van der Waals surface area contributed by atoms with E-state index < -0.39 is 15.9 Å². The van der Waals surface area contributed by atoms with Gasteiger partial charge in [-0.25, -0.2) is 8.42 Å². The molecular formula is C18H18N2O4S. The van der Waals surface area contributed by atoms with Crippen LogP contribution in [0.5, 0.6) is 5.75 Å². The van der Waals surface area contributed by atoms with Crippen molar-refractivity contribution in [1.82, 2.24) is 9.29 Å². The van der Waals surface area contributed by atoms with Crippen molar-refractivity contribution in [2.75, 3.05) is 19.3 Å². The van der Waals surface area contributed by atoms with Crippen molar-refractivity contribution in [3.8, 4) is 5.75 Å². The summed E-state index contributed by atoms with van der Waals surface area (Å²) in [5.41, 5.74) is 1.67. The first-order valence-corrected chi connectivity index (χ1v) is 9.59. The fourth-order valence-corrected chi connectivity index (χ4v) is 3.61. The van der Waals surface area contributed by atoms with Gasteiger partial charge in [0.2, 0.25) is 10.0 Å². The fourth-order valence-electron chi connectivity index (χ4n) is 2.82. The van der Waals surface area contributed by atoms with Gasteiger partial charge in [-0.2, -0.15) is 4.31 Å². The van der Waals surface area contributed by atoms with Crippen LogP contribution in [0.25, 0.3) is 6.08 Å². The Labute approximate surface area is 146 Å². The van der Waals surface area contributed by atoms with E-state index in [4.69, 9.17) is 0 Å². The molecule has 1 saturated heterocycles. The third kappa shape index (κ3) is 3.94. The quantitative estimate of drug-likeness (QED) is 0.846. The van der Waals surface area contributed by atoms with Crippen LogP contribution in [0, 0.1) is 0 Å². The zero-order valence-electron chi connectivity index (χ0n) is 13.7. The maximum absolute atomic E-state index is 12.9. The SMILES string of the molecule is CS(=O)(=O)N1CC(=Cc2ccccn2)C(=O)C(c2ccc(O)cc2)C1. The van der Waals surface area contributed by atoms with Gasteiger partial charge in [-0.15, -0.1) is 0 Å². The normalized spacial score (nSPS) is 20.8. The topological polar surface area (TPSA) is 87.6 Å². The molecule has 130 valence electrons. The number of phenolic OH excluding ortho intramolecular Hbond substituents is 1. The Hall–Kier alpha value is -2.51. The minimum Gasteiger partial charge on any atom is -0.508 e. The Kier molecular flexibility index (Phi) is 4.69. The van der Waals surface area contributed by atoms with E-state index in [-0.39, 0.29) is 24.6 Å². The largest absolute Gasteiger partial charge is 0.508 e. The van der Waals surface area contributed by atoms with Crippen molar-refractivity contribution in [2.45, 2.75) is 5.92 Å². The Morgan fingerprint density at radius 1 is 1.20 bits per heavy atom. The first kappa shape index (κ1) is 17.3. The Bertz CT molecular complexity index is 906. The highest BCUT2D eigenvalue weighted by molar-refractivity contribution is 7.88. The summed E-state index contributed by atoms with van der Waals surface area (Å²) in [5.74, 6) is -0.647. The average molecular weight is 358 g/mol. The van der Waals surface area contributed by atoms with Crippen molar-refractivity contribution >= 4 is 21.9 Å². The number of ketones is 1. The van der Waals surface area contributed by atoms with E-state index in [0.717, 1.165) is 6.26 Å². The third-order valence-electron chi connectivity index (χ3n) is 4.14. The minimum absolute atomic E-state index is 0.0306. The molecule has 1 N–H and O–H groups in total. The number of piperidine rings is 1. The highest BCUT2D eigenvalue weighted by Gasteiger charge is 2.35. The number of nitrogens with zero attached hydrogens (tertiary/aromatic N) is 2. The summed E-state index contributed by atoms with van der Waals surface area (Å²) >= 11 is 0. The lowest BCUT2D eigenvalue weighted by Crippen LogP contribution is -2.44. The number of sulfonamides is 1. The van der Waals surface area contributed by atoms with E-state index in [1.807, 2.05) is 0 Å². The van der Waals surface area contributed by atoms with Gasteiger partial charge in [0.25, 0.3) is 0 Å². The van der Waals surface area contributed by atoms with Gasteiger partial charge in [0, 0.05) is 24.9 Å². The summed E-state index contributed by atoms with van der Waals surface area (Å²) in [6.07, 6.45) is 4.38. The number of benzene rings is 1. The van der Waals surface area contributed by atoms with E-state index in [1.54, 1.807) is 42.6 Å². The molecule has 7 heteroatoms. The van der Waals surface area contributed by atoms with E-state index in [0.29, 0.717) is 16.8 Å². The summed E-state index contributed by atoms with van der Waals surface area (Å²) in [6, 6.07) is 11.6. The molecule has 1 unspecified atom stereocenters. The van der Waals surface area contributed by atoms with E-state index in [2.05, 4.69) is 4.98 Å². The molecule has 1 atom stereocenters. The number of aromatic hydroxyl groups is 1. The highest BCUT2D eigenvalue weighted by Crippen LogP contribution is 2.30. The van der Waals surface area contributed by atoms with Gasteiger partial charge < -0.3 is 5.11 Å². The lowest BCUT2D eigenvalue weighted by molar-refractivity contribution is -0.118. The monoisotopic (exact) mass is 358 g/mol. The molecule has 3 rings (SSSR count). The molecule has 25 heavy (non-hydrogen) atoms. The summed E-state index contributed by atoms with van der Waals surface area (Å²) in [5, 5.41) is 9.44. The van der Waals surface area contributed by atoms with Crippen LogP contribution in [0.4, 0.5) is 0 Å². The van der Waals surface area contributed by atoms with Crippen LogP contribution >= 0.6 is 0 Å². The minimum atomic E-state index is -3.45. The standard InChI is InChI=1S/C18H18N2O4S/c1-25(23,24)20-11-14(10-15-4-2-3-9-19-15)18(22)17(12-20)13-5-7-16(21)8-6-13/h2-10,17,21H,11-12H2,1H3. The smallest absolute Gasteiger partial charge is 0.211 e. The molecule has 0 spiro atoms. The van der Waals surface area contributed by atoms with Gasteiger partial charge in [0.05, 0.1) is 17.9 Å². The second-order valence-corrected chi connectivity index (χ2v) is 7.97. The molecule has 0 radical (unpaired) electrons. The number of hydrogen-bond acceptors (Lipinski definition) is 5. The van der Waals surface area contributed by atoms with Crippen LogP contribution in [0.1, 0.15) is 17.2 Å². The molecule has 2 aromatic rings. The predicted octanol–water partition coefficient (Wildman–Crippen LogP) is 1.80. The van der Waals surface area contributed by atoms with Crippen LogP contribution in [0.2, 0.25) is 0 Å². The molecule has 1 aromatic carbocycles. The van der Waals surface area contributed by atoms with Crippen LogP contribution < -0.4 is 0 Å². The van der Waals surface area contributed by atoms with Gasteiger partial charge in [-0.05, 0) is 35.9 Å². The summed E-state index contributed by atoms with van der Waals surface area (Å²) in [4.78, 5) is 17.1. The molecule has 0 saturated carbocycles. The van der Waals surface area contributed by atoms with Gasteiger partial charge in [0.15, 0.2) is 5.78 Å². The maximum Gasteiger partial charge on any atom is 0.211 e. The number of pyridine rings is 1. The summed E-state index contributed by atoms with van der Waals surface area (Å²) in [7, 11) is -3.45. The zero-order chi connectivity index (χ0) is 18.0. The molecular weight excluding hydrogens is 340 g/mol. The van der Waals surface area contributed by atoms with Crippen molar-refractivity contribution in [3.63, 3.8) is 0 Å². The van der Waals surface area contributed by atoms with E-state index in [1.165, 1.54) is 16.4 Å². The second-order valence-electron chi connectivity index (χ2n) is 5.99. The molecule has 0 aliphatic carbocycles. The number of aromatic nitrogens is 1. The number of rotatable bonds is 3. The van der Waals surface area contributed by atoms with Gasteiger partial charge in [0.1, 0.15) is 5.75 Å². The van der Waals surface area contributed by atoms with Gasteiger partial charge in [-0.1, -0.05) is 18.2 Å². The first-order chi connectivity index (χ1) is 11.8. The summed E-state index contributed by atoms with van der Waals surface area (Å²) < 4.78 is 25.4. The van der Waals surface area contributed by atoms with Crippen LogP contribution in [0.15, 0.2) is 54.2 Å². The lowest BCUT2D eigenvalue weighted by atomic mass is 9.87. The molecule has 1 aliphatic rings. The lowest BCUT2D eigenvalue weighted by Gasteiger charge is -2.32. The maximum atomic E-state index is 12.9. The van der Waals surface area contributed by atoms with Crippen molar-refractivity contribution in [1.29, 1.82) is 0 Å². The van der Waals surface area contributed by atoms with Crippen molar-refractivity contribution in [2.24, 2.45) is 0 Å². The predicted molar refractivity (Wildman–Crippen MR) is 94.5 cm³/mol.